The molecule has 1 aromatic heterocycles. The van der Waals surface area contributed by atoms with Crippen molar-refractivity contribution in [2.24, 2.45) is 4.99 Å². The van der Waals surface area contributed by atoms with Gasteiger partial charge in [-0.15, -0.1) is 0 Å². The zero-order chi connectivity index (χ0) is 15.0. The van der Waals surface area contributed by atoms with Crippen molar-refractivity contribution in [2.45, 2.75) is 54.4 Å². The zero-order valence-corrected chi connectivity index (χ0v) is 14.0. The van der Waals surface area contributed by atoms with Crippen molar-refractivity contribution < 1.29 is 0 Å². The Morgan fingerprint density at radius 3 is 2.20 bits per heavy atom. The van der Waals surface area contributed by atoms with E-state index in [0.29, 0.717) is 0 Å². The van der Waals surface area contributed by atoms with Crippen molar-refractivity contribution in [3.8, 4) is 0 Å². The molecule has 0 atom stereocenters. The Labute approximate surface area is 126 Å². The molecule has 2 nitrogen and oxygen atoms in total. The molecule has 0 spiro atoms. The molecular formula is C17H23ClN2. The molecule has 20 heavy (non-hydrogen) atoms. The number of rotatable bonds is 3. The van der Waals surface area contributed by atoms with Crippen molar-refractivity contribution in [3.63, 3.8) is 0 Å². The summed E-state index contributed by atoms with van der Waals surface area (Å²) < 4.78 is 0. The van der Waals surface area contributed by atoms with Gasteiger partial charge in [0, 0.05) is 11.4 Å². The molecule has 1 aromatic rings. The summed E-state index contributed by atoms with van der Waals surface area (Å²) in [5.74, 6) is 0. The molecule has 1 aliphatic rings. The third-order valence-electron chi connectivity index (χ3n) is 4.25. The van der Waals surface area contributed by atoms with Gasteiger partial charge in [-0.25, -0.2) is 0 Å². The first-order chi connectivity index (χ1) is 9.42. The second-order valence-corrected chi connectivity index (χ2v) is 5.78. The minimum atomic E-state index is 0.741. The van der Waals surface area contributed by atoms with Gasteiger partial charge in [0.05, 0.1) is 16.4 Å². The SMILES string of the molecule is CCC1=C(C)/C(=C(/Cl)c2[nH]c(C)c(CC)c2C)N=C1C. The number of aliphatic imine (C=N–C) groups is 1. The van der Waals surface area contributed by atoms with Gasteiger partial charge in [0.1, 0.15) is 0 Å². The fourth-order valence-corrected chi connectivity index (χ4v) is 3.50. The molecule has 108 valence electrons. The third kappa shape index (κ3) is 2.26. The van der Waals surface area contributed by atoms with Crippen molar-refractivity contribution in [1.82, 2.24) is 4.98 Å². The van der Waals surface area contributed by atoms with Gasteiger partial charge in [-0.3, -0.25) is 4.99 Å². The molecule has 0 unspecified atom stereocenters. The summed E-state index contributed by atoms with van der Waals surface area (Å²) in [6, 6.07) is 0. The number of aromatic nitrogens is 1. The van der Waals surface area contributed by atoms with Gasteiger partial charge in [0.2, 0.25) is 0 Å². The summed E-state index contributed by atoms with van der Waals surface area (Å²) in [5.41, 5.74) is 9.36. The molecular weight excluding hydrogens is 268 g/mol. The topological polar surface area (TPSA) is 28.1 Å². The number of hydrogen-bond donors (Lipinski definition) is 1. The van der Waals surface area contributed by atoms with Gasteiger partial charge < -0.3 is 4.98 Å². The molecule has 0 aromatic carbocycles. The van der Waals surface area contributed by atoms with Crippen LogP contribution in [-0.4, -0.2) is 10.7 Å². The predicted molar refractivity (Wildman–Crippen MR) is 88.5 cm³/mol. The van der Waals surface area contributed by atoms with E-state index in [1.165, 1.54) is 28.0 Å². The van der Waals surface area contributed by atoms with Crippen LogP contribution in [0.2, 0.25) is 0 Å². The van der Waals surface area contributed by atoms with Crippen LogP contribution in [0.15, 0.2) is 21.8 Å². The first kappa shape index (κ1) is 15.1. The van der Waals surface area contributed by atoms with Gasteiger partial charge in [-0.05, 0) is 62.8 Å². The van der Waals surface area contributed by atoms with Crippen molar-refractivity contribution >= 4 is 22.3 Å². The van der Waals surface area contributed by atoms with E-state index in [-0.39, 0.29) is 0 Å². The number of aryl methyl sites for hydroxylation is 1. The highest BCUT2D eigenvalue weighted by molar-refractivity contribution is 6.49. The van der Waals surface area contributed by atoms with E-state index in [1.54, 1.807) is 0 Å². The highest BCUT2D eigenvalue weighted by Crippen LogP contribution is 2.37. The molecule has 0 fully saturated rings. The Morgan fingerprint density at radius 2 is 1.75 bits per heavy atom. The average Bonchev–Trinajstić information content (AvgIpc) is 2.85. The normalized spacial score (nSPS) is 17.9. The number of aromatic amines is 1. The van der Waals surface area contributed by atoms with Crippen LogP contribution in [0.3, 0.4) is 0 Å². The third-order valence-corrected chi connectivity index (χ3v) is 4.62. The van der Waals surface area contributed by atoms with Crippen LogP contribution >= 0.6 is 11.6 Å². The summed E-state index contributed by atoms with van der Waals surface area (Å²) in [7, 11) is 0. The van der Waals surface area contributed by atoms with Gasteiger partial charge in [0.15, 0.2) is 0 Å². The van der Waals surface area contributed by atoms with E-state index < -0.39 is 0 Å². The van der Waals surface area contributed by atoms with Crippen LogP contribution in [0.25, 0.3) is 5.03 Å². The Kier molecular flexibility index (Phi) is 4.24. The number of H-pyrrole nitrogens is 1. The van der Waals surface area contributed by atoms with Crippen LogP contribution in [0.5, 0.6) is 0 Å². The van der Waals surface area contributed by atoms with Crippen LogP contribution in [0, 0.1) is 13.8 Å². The molecule has 0 amide bonds. The van der Waals surface area contributed by atoms with Crippen molar-refractivity contribution in [1.29, 1.82) is 0 Å². The first-order valence-corrected chi connectivity index (χ1v) is 7.64. The Morgan fingerprint density at radius 1 is 1.10 bits per heavy atom. The monoisotopic (exact) mass is 290 g/mol. The lowest BCUT2D eigenvalue weighted by atomic mass is 10.0. The molecule has 2 rings (SSSR count). The maximum atomic E-state index is 6.65. The standard InChI is InChI=1S/C17H23ClN2/c1-7-13-9(3)16(19-11(13)5)15(18)17-10(4)14(8-2)12(6)20-17/h19H,7-8H2,1-6H3/b17-15-. The quantitative estimate of drug-likeness (QED) is 0.782. The lowest BCUT2D eigenvalue weighted by molar-refractivity contribution is 1.08. The summed E-state index contributed by atoms with van der Waals surface area (Å²) in [6.07, 6.45) is 2.02. The van der Waals surface area contributed by atoms with E-state index in [0.717, 1.165) is 35.0 Å². The van der Waals surface area contributed by atoms with Gasteiger partial charge in [-0.2, -0.15) is 0 Å². The molecule has 0 saturated heterocycles. The molecule has 2 heterocycles. The molecule has 0 bridgehead atoms. The largest absolute Gasteiger partial charge is 0.357 e. The lowest BCUT2D eigenvalue weighted by Gasteiger charge is -2.05. The minimum absolute atomic E-state index is 0.741. The van der Waals surface area contributed by atoms with Crippen molar-refractivity contribution in [3.05, 3.63) is 39.4 Å². The van der Waals surface area contributed by atoms with E-state index in [9.17, 15) is 0 Å². The van der Waals surface area contributed by atoms with E-state index in [1.807, 2.05) is 0 Å². The van der Waals surface area contributed by atoms with E-state index in [4.69, 9.17) is 11.6 Å². The highest BCUT2D eigenvalue weighted by atomic mass is 35.5. The molecule has 0 saturated carbocycles. The fraction of sp³-hybridized carbons (Fsp3) is 0.471. The molecule has 0 radical (unpaired) electrons. The summed E-state index contributed by atoms with van der Waals surface area (Å²) in [4.78, 5) is 8.10. The van der Waals surface area contributed by atoms with Crippen LogP contribution in [0.4, 0.5) is 0 Å². The number of hydrogen-bond acceptors (Lipinski definition) is 1. The van der Waals surface area contributed by atoms with E-state index >= 15 is 0 Å². The van der Waals surface area contributed by atoms with Gasteiger partial charge in [0.25, 0.3) is 0 Å². The molecule has 1 N–H and O–H groups in total. The average molecular weight is 291 g/mol. The maximum absolute atomic E-state index is 6.65. The van der Waals surface area contributed by atoms with Crippen LogP contribution in [-0.2, 0) is 6.42 Å². The molecule has 0 aliphatic carbocycles. The minimum Gasteiger partial charge on any atom is -0.357 e. The Balaban J connectivity index is 2.60. The van der Waals surface area contributed by atoms with Crippen LogP contribution < -0.4 is 0 Å². The predicted octanol–water partition coefficient (Wildman–Crippen LogP) is 5.30. The lowest BCUT2D eigenvalue weighted by Crippen LogP contribution is -1.92. The Bertz CT molecular complexity index is 642. The molecule has 3 heteroatoms. The second-order valence-electron chi connectivity index (χ2n) is 5.40. The zero-order valence-electron chi connectivity index (χ0n) is 13.2. The van der Waals surface area contributed by atoms with Crippen LogP contribution in [0.1, 0.15) is 56.6 Å². The smallest absolute Gasteiger partial charge is 0.0903 e. The number of nitrogens with one attached hydrogen (secondary N) is 1. The number of allylic oxidation sites excluding steroid dienone is 2. The van der Waals surface area contributed by atoms with Gasteiger partial charge >= 0.3 is 0 Å². The first-order valence-electron chi connectivity index (χ1n) is 7.26. The van der Waals surface area contributed by atoms with E-state index in [2.05, 4.69) is 51.5 Å². The number of nitrogens with zero attached hydrogens (tertiary/aromatic N) is 1. The van der Waals surface area contributed by atoms with Crippen molar-refractivity contribution in [2.75, 3.05) is 0 Å². The summed E-state index contributed by atoms with van der Waals surface area (Å²) in [6.45, 7) is 12.7. The Hall–Kier alpha value is -1.28. The fourth-order valence-electron chi connectivity index (χ4n) is 3.13. The molecule has 1 aliphatic heterocycles. The second kappa shape index (κ2) is 5.61. The maximum Gasteiger partial charge on any atom is 0.0903 e. The number of halogens is 1. The highest BCUT2D eigenvalue weighted by Gasteiger charge is 2.22. The summed E-state index contributed by atoms with van der Waals surface area (Å²) in [5, 5.41) is 0.741. The van der Waals surface area contributed by atoms with Gasteiger partial charge in [-0.1, -0.05) is 25.4 Å². The summed E-state index contributed by atoms with van der Waals surface area (Å²) >= 11 is 6.65.